The summed E-state index contributed by atoms with van der Waals surface area (Å²) in [5.74, 6) is -1.53. The Labute approximate surface area is 208 Å². The number of amides is 2. The molecule has 0 heterocycles. The number of nitrogens with one attached hydrogen (secondary N) is 2. The third kappa shape index (κ3) is 7.42. The maximum Gasteiger partial charge on any atom is 0.339 e. The number of carbonyl (C=O) groups excluding carboxylic acids is 3. The average molecular weight is 495 g/mol. The van der Waals surface area contributed by atoms with Crippen molar-refractivity contribution in [2.24, 2.45) is 0 Å². The smallest absolute Gasteiger partial charge is 0.339 e. The summed E-state index contributed by atoms with van der Waals surface area (Å²) in [4.78, 5) is 38.0. The number of benzene rings is 3. The highest BCUT2D eigenvalue weighted by Gasteiger charge is 2.17. The molecule has 35 heavy (non-hydrogen) atoms. The Balaban J connectivity index is 1.57. The van der Waals surface area contributed by atoms with Gasteiger partial charge in [-0.25, -0.2) is 9.18 Å². The Kier molecular flexibility index (Phi) is 9.03. The standard InChI is InChI=1S/C27H27FN2O4S/c1-17(2)21-9-6-7-18(3)26(21)30-24(31)15-34-27(33)22-8-4-5-10-23(22)35-16-25(32)29-20-13-11-19(28)12-14-20/h4-14,17H,15-16H2,1-3H3,(H,29,32)(H,30,31). The van der Waals surface area contributed by atoms with Crippen molar-refractivity contribution in [1.29, 1.82) is 0 Å². The second kappa shape index (κ2) is 12.2. The lowest BCUT2D eigenvalue weighted by molar-refractivity contribution is -0.119. The van der Waals surface area contributed by atoms with Crippen molar-refractivity contribution in [3.05, 3.63) is 89.2 Å². The van der Waals surface area contributed by atoms with E-state index in [4.69, 9.17) is 4.74 Å². The molecule has 2 amide bonds. The minimum Gasteiger partial charge on any atom is -0.452 e. The normalized spacial score (nSPS) is 10.7. The Hall–Kier alpha value is -3.65. The molecule has 182 valence electrons. The van der Waals surface area contributed by atoms with Gasteiger partial charge in [0.2, 0.25) is 5.91 Å². The highest BCUT2D eigenvalue weighted by atomic mass is 32.2. The van der Waals surface area contributed by atoms with Crippen LogP contribution in [-0.2, 0) is 14.3 Å². The van der Waals surface area contributed by atoms with Gasteiger partial charge in [0.25, 0.3) is 5.91 Å². The average Bonchev–Trinajstić information content (AvgIpc) is 2.84. The molecule has 0 atom stereocenters. The maximum atomic E-state index is 13.0. The molecule has 8 heteroatoms. The molecule has 0 fully saturated rings. The number of thioether (sulfide) groups is 1. The van der Waals surface area contributed by atoms with Gasteiger partial charge in [-0.15, -0.1) is 11.8 Å². The molecule has 3 aromatic rings. The van der Waals surface area contributed by atoms with Gasteiger partial charge in [-0.3, -0.25) is 9.59 Å². The van der Waals surface area contributed by atoms with E-state index in [9.17, 15) is 18.8 Å². The second-order valence-corrected chi connectivity index (χ2v) is 9.18. The van der Waals surface area contributed by atoms with E-state index in [2.05, 4.69) is 10.6 Å². The number of aryl methyl sites for hydroxylation is 1. The number of hydrogen-bond donors (Lipinski definition) is 2. The molecule has 0 saturated heterocycles. The van der Waals surface area contributed by atoms with Gasteiger partial charge in [0.1, 0.15) is 5.82 Å². The highest BCUT2D eigenvalue weighted by molar-refractivity contribution is 8.00. The van der Waals surface area contributed by atoms with E-state index in [1.54, 1.807) is 24.3 Å². The lowest BCUT2D eigenvalue weighted by Gasteiger charge is -2.16. The summed E-state index contributed by atoms with van der Waals surface area (Å²) >= 11 is 1.16. The fourth-order valence-corrected chi connectivity index (χ4v) is 4.20. The molecule has 0 aliphatic rings. The number of anilines is 2. The van der Waals surface area contributed by atoms with Crippen LogP contribution >= 0.6 is 11.8 Å². The Morgan fingerprint density at radius 3 is 2.34 bits per heavy atom. The van der Waals surface area contributed by atoms with Crippen LogP contribution in [0.3, 0.4) is 0 Å². The topological polar surface area (TPSA) is 84.5 Å². The van der Waals surface area contributed by atoms with E-state index < -0.39 is 24.3 Å². The number of para-hydroxylation sites is 1. The molecule has 0 radical (unpaired) electrons. The van der Waals surface area contributed by atoms with E-state index in [-0.39, 0.29) is 23.1 Å². The molecule has 6 nitrogen and oxygen atoms in total. The molecule has 2 N–H and O–H groups in total. The van der Waals surface area contributed by atoms with Crippen LogP contribution < -0.4 is 10.6 Å². The molecule has 0 spiro atoms. The van der Waals surface area contributed by atoms with E-state index in [0.29, 0.717) is 10.6 Å². The predicted octanol–water partition coefficient (Wildman–Crippen LogP) is 5.78. The first kappa shape index (κ1) is 26.0. The van der Waals surface area contributed by atoms with Crippen LogP contribution in [-0.4, -0.2) is 30.1 Å². The van der Waals surface area contributed by atoms with Crippen LogP contribution in [0.1, 0.15) is 41.3 Å². The van der Waals surface area contributed by atoms with Crippen LogP contribution in [0, 0.1) is 12.7 Å². The predicted molar refractivity (Wildman–Crippen MR) is 136 cm³/mol. The first-order chi connectivity index (χ1) is 16.7. The second-order valence-electron chi connectivity index (χ2n) is 8.16. The van der Waals surface area contributed by atoms with E-state index in [0.717, 1.165) is 28.6 Å². The summed E-state index contributed by atoms with van der Waals surface area (Å²) in [5.41, 5.74) is 3.40. The van der Waals surface area contributed by atoms with Gasteiger partial charge in [-0.1, -0.05) is 44.2 Å². The first-order valence-electron chi connectivity index (χ1n) is 11.1. The number of hydrogen-bond acceptors (Lipinski definition) is 5. The summed E-state index contributed by atoms with van der Waals surface area (Å²) in [5, 5.41) is 5.52. The largest absolute Gasteiger partial charge is 0.452 e. The molecule has 0 aliphatic heterocycles. The van der Waals surface area contributed by atoms with Gasteiger partial charge >= 0.3 is 5.97 Å². The molecule has 3 aromatic carbocycles. The molecular formula is C27H27FN2O4S. The van der Waals surface area contributed by atoms with Crippen molar-refractivity contribution >= 4 is 40.9 Å². The number of ether oxygens (including phenoxy) is 1. The molecule has 0 bridgehead atoms. The Morgan fingerprint density at radius 1 is 0.914 bits per heavy atom. The van der Waals surface area contributed by atoms with E-state index in [1.807, 2.05) is 39.0 Å². The number of rotatable bonds is 9. The zero-order valence-corrected chi connectivity index (χ0v) is 20.6. The maximum absolute atomic E-state index is 13.0. The zero-order valence-electron chi connectivity index (χ0n) is 19.8. The molecule has 0 unspecified atom stereocenters. The lowest BCUT2D eigenvalue weighted by atomic mass is 9.98. The summed E-state index contributed by atoms with van der Waals surface area (Å²) in [6.07, 6.45) is 0. The third-order valence-corrected chi connectivity index (χ3v) is 6.19. The van der Waals surface area contributed by atoms with Crippen molar-refractivity contribution in [3.63, 3.8) is 0 Å². The number of carbonyl (C=O) groups is 3. The minimum atomic E-state index is -0.656. The van der Waals surface area contributed by atoms with Crippen LogP contribution in [0.25, 0.3) is 0 Å². The Bertz CT molecular complexity index is 1210. The van der Waals surface area contributed by atoms with E-state index in [1.165, 1.54) is 24.3 Å². The van der Waals surface area contributed by atoms with Crippen molar-refractivity contribution in [1.82, 2.24) is 0 Å². The van der Waals surface area contributed by atoms with Gasteiger partial charge in [-0.2, -0.15) is 0 Å². The molecule has 0 saturated carbocycles. The summed E-state index contributed by atoms with van der Waals surface area (Å²) in [7, 11) is 0. The molecule has 0 aliphatic carbocycles. The van der Waals surface area contributed by atoms with Gasteiger partial charge in [-0.05, 0) is 60.4 Å². The van der Waals surface area contributed by atoms with Crippen LogP contribution in [0.2, 0.25) is 0 Å². The van der Waals surface area contributed by atoms with E-state index >= 15 is 0 Å². The monoisotopic (exact) mass is 494 g/mol. The van der Waals surface area contributed by atoms with Gasteiger partial charge in [0, 0.05) is 16.3 Å². The van der Waals surface area contributed by atoms with Crippen LogP contribution in [0.5, 0.6) is 0 Å². The van der Waals surface area contributed by atoms with Crippen LogP contribution in [0.4, 0.5) is 15.8 Å². The van der Waals surface area contributed by atoms with Crippen molar-refractivity contribution < 1.29 is 23.5 Å². The van der Waals surface area contributed by atoms with Gasteiger partial charge in [0.05, 0.1) is 11.3 Å². The SMILES string of the molecule is Cc1cccc(C(C)C)c1NC(=O)COC(=O)c1ccccc1SCC(=O)Nc1ccc(F)cc1. The lowest BCUT2D eigenvalue weighted by Crippen LogP contribution is -2.22. The summed E-state index contributed by atoms with van der Waals surface area (Å²) < 4.78 is 18.3. The zero-order chi connectivity index (χ0) is 25.4. The van der Waals surface area contributed by atoms with Gasteiger partial charge in [0.15, 0.2) is 6.61 Å². The molecule has 0 aromatic heterocycles. The van der Waals surface area contributed by atoms with Crippen molar-refractivity contribution in [3.8, 4) is 0 Å². The third-order valence-electron chi connectivity index (χ3n) is 5.12. The quantitative estimate of drug-likeness (QED) is 0.291. The van der Waals surface area contributed by atoms with Crippen molar-refractivity contribution in [2.75, 3.05) is 23.0 Å². The first-order valence-corrected chi connectivity index (χ1v) is 12.1. The molecule has 3 rings (SSSR count). The fraction of sp³-hybridized carbons (Fsp3) is 0.222. The summed E-state index contributed by atoms with van der Waals surface area (Å²) in [6.45, 7) is 5.56. The Morgan fingerprint density at radius 2 is 1.63 bits per heavy atom. The van der Waals surface area contributed by atoms with Gasteiger partial charge < -0.3 is 15.4 Å². The number of esters is 1. The van der Waals surface area contributed by atoms with Crippen molar-refractivity contribution in [2.45, 2.75) is 31.6 Å². The summed E-state index contributed by atoms with van der Waals surface area (Å²) in [6, 6.07) is 18.0. The fourth-order valence-electron chi connectivity index (χ4n) is 3.36. The minimum absolute atomic E-state index is 0.0351. The molecular weight excluding hydrogens is 467 g/mol. The number of halogens is 1. The van der Waals surface area contributed by atoms with Crippen LogP contribution in [0.15, 0.2) is 71.6 Å². The highest BCUT2D eigenvalue weighted by Crippen LogP contribution is 2.27.